The zero-order valence-electron chi connectivity index (χ0n) is 19.2. The van der Waals surface area contributed by atoms with E-state index in [-0.39, 0.29) is 5.91 Å². The van der Waals surface area contributed by atoms with Gasteiger partial charge in [-0.1, -0.05) is 23.9 Å². The highest BCUT2D eigenvalue weighted by Crippen LogP contribution is 2.61. The first-order valence-electron chi connectivity index (χ1n) is 12.1. The molecule has 32 heavy (non-hydrogen) atoms. The Balaban J connectivity index is 1.23. The third-order valence-corrected chi connectivity index (χ3v) is 8.57. The fraction of sp³-hybridized carbons (Fsp3) is 0.640. The Labute approximate surface area is 194 Å². The summed E-state index contributed by atoms with van der Waals surface area (Å²) < 4.78 is 7.83. The number of aromatic nitrogens is 3. The lowest BCUT2D eigenvalue weighted by Gasteiger charge is -2.56. The van der Waals surface area contributed by atoms with Crippen LogP contribution in [0.1, 0.15) is 58.2 Å². The third-order valence-electron chi connectivity index (χ3n) is 7.60. The first-order valence-corrected chi connectivity index (χ1v) is 13.1. The van der Waals surface area contributed by atoms with Gasteiger partial charge in [-0.2, -0.15) is 0 Å². The van der Waals surface area contributed by atoms with E-state index >= 15 is 0 Å². The third kappa shape index (κ3) is 4.41. The summed E-state index contributed by atoms with van der Waals surface area (Å²) in [6.45, 7) is 5.49. The van der Waals surface area contributed by atoms with Crippen molar-refractivity contribution < 1.29 is 9.53 Å². The van der Waals surface area contributed by atoms with Gasteiger partial charge in [-0.3, -0.25) is 4.79 Å². The normalized spacial score (nSPS) is 28.1. The average molecular weight is 455 g/mol. The van der Waals surface area contributed by atoms with E-state index < -0.39 is 0 Å². The van der Waals surface area contributed by atoms with Crippen molar-refractivity contribution in [2.24, 2.45) is 23.2 Å². The van der Waals surface area contributed by atoms with Crippen LogP contribution in [0, 0.1) is 23.2 Å². The Morgan fingerprint density at radius 2 is 1.81 bits per heavy atom. The van der Waals surface area contributed by atoms with Crippen LogP contribution in [0.5, 0.6) is 5.75 Å². The molecule has 0 saturated heterocycles. The molecule has 1 amide bonds. The second-order valence-electron chi connectivity index (χ2n) is 10.0. The van der Waals surface area contributed by atoms with E-state index in [4.69, 9.17) is 4.74 Å². The van der Waals surface area contributed by atoms with E-state index in [0.29, 0.717) is 29.2 Å². The second kappa shape index (κ2) is 9.08. The number of hydrogen-bond donors (Lipinski definition) is 1. The number of anilines is 1. The van der Waals surface area contributed by atoms with Gasteiger partial charge in [0.15, 0.2) is 5.16 Å². The first-order chi connectivity index (χ1) is 15.6. The minimum atomic E-state index is -0.0598. The lowest BCUT2D eigenvalue weighted by atomic mass is 9.49. The Morgan fingerprint density at radius 3 is 2.47 bits per heavy atom. The number of thioether (sulfide) groups is 1. The molecule has 2 aromatic rings. The molecule has 6 nitrogen and oxygen atoms in total. The number of carbonyl (C=O) groups excluding carboxylic acids is 1. The SMILES string of the molecule is CCOc1ccccc1NC(=O)CSc1nnc(CC23CC4CC(CC(C4)C2)C3)n1CC. The van der Waals surface area contributed by atoms with Crippen molar-refractivity contribution >= 4 is 23.4 Å². The maximum atomic E-state index is 12.6. The molecule has 1 aromatic carbocycles. The van der Waals surface area contributed by atoms with Gasteiger partial charge in [0.25, 0.3) is 0 Å². The van der Waals surface area contributed by atoms with Crippen molar-refractivity contribution in [3.05, 3.63) is 30.1 Å². The fourth-order valence-electron chi connectivity index (χ4n) is 6.88. The van der Waals surface area contributed by atoms with E-state index in [1.165, 1.54) is 50.3 Å². The molecule has 6 rings (SSSR count). The minimum Gasteiger partial charge on any atom is -0.492 e. The van der Waals surface area contributed by atoms with E-state index in [1.807, 2.05) is 31.2 Å². The summed E-state index contributed by atoms with van der Waals surface area (Å²) in [6, 6.07) is 7.54. The van der Waals surface area contributed by atoms with Crippen LogP contribution in [0.3, 0.4) is 0 Å². The van der Waals surface area contributed by atoms with Gasteiger partial charge in [-0.25, -0.2) is 0 Å². The van der Waals surface area contributed by atoms with Crippen molar-refractivity contribution in [3.63, 3.8) is 0 Å². The molecule has 1 heterocycles. The van der Waals surface area contributed by atoms with Crippen molar-refractivity contribution in [1.29, 1.82) is 0 Å². The fourth-order valence-corrected chi connectivity index (χ4v) is 7.71. The minimum absolute atomic E-state index is 0.0598. The van der Waals surface area contributed by atoms with Crippen molar-refractivity contribution in [1.82, 2.24) is 14.8 Å². The van der Waals surface area contributed by atoms with Gasteiger partial charge in [0.05, 0.1) is 18.0 Å². The monoisotopic (exact) mass is 454 g/mol. The van der Waals surface area contributed by atoms with Crippen LogP contribution in [0.4, 0.5) is 5.69 Å². The highest BCUT2D eigenvalue weighted by molar-refractivity contribution is 7.99. The molecule has 7 heteroatoms. The zero-order chi connectivity index (χ0) is 22.1. The van der Waals surface area contributed by atoms with Crippen molar-refractivity contribution in [3.8, 4) is 5.75 Å². The van der Waals surface area contributed by atoms with Gasteiger partial charge in [0.1, 0.15) is 11.6 Å². The number of nitrogens with one attached hydrogen (secondary N) is 1. The summed E-state index contributed by atoms with van der Waals surface area (Å²) >= 11 is 1.47. The molecule has 0 unspecified atom stereocenters. The lowest BCUT2D eigenvalue weighted by molar-refractivity contribution is -0.113. The molecule has 172 valence electrons. The standard InChI is InChI=1S/C25H34N4O2S/c1-3-29-22(15-25-12-17-9-18(13-25)11-19(10-17)14-25)27-28-24(29)32-16-23(30)26-20-7-5-6-8-21(20)31-4-2/h5-8,17-19H,3-4,9-16H2,1-2H3,(H,26,30). The summed E-state index contributed by atoms with van der Waals surface area (Å²) in [4.78, 5) is 12.6. The van der Waals surface area contributed by atoms with Crippen LogP contribution in [0.2, 0.25) is 0 Å². The number of para-hydroxylation sites is 2. The van der Waals surface area contributed by atoms with Crippen LogP contribution in [-0.4, -0.2) is 33.0 Å². The molecule has 4 aliphatic rings. The topological polar surface area (TPSA) is 69.0 Å². The quantitative estimate of drug-likeness (QED) is 0.528. The molecule has 4 fully saturated rings. The first kappa shape index (κ1) is 21.8. The smallest absolute Gasteiger partial charge is 0.234 e. The number of hydrogen-bond acceptors (Lipinski definition) is 5. The van der Waals surface area contributed by atoms with Crippen LogP contribution in [0.25, 0.3) is 0 Å². The summed E-state index contributed by atoms with van der Waals surface area (Å²) in [5.74, 6) is 4.87. The largest absolute Gasteiger partial charge is 0.492 e. The highest BCUT2D eigenvalue weighted by atomic mass is 32.2. The molecule has 4 saturated carbocycles. The van der Waals surface area contributed by atoms with E-state index in [0.717, 1.165) is 41.7 Å². The summed E-state index contributed by atoms with van der Waals surface area (Å²) in [5.41, 5.74) is 1.15. The molecule has 4 aliphatic carbocycles. The number of nitrogens with zero attached hydrogens (tertiary/aromatic N) is 3. The maximum absolute atomic E-state index is 12.6. The number of carbonyl (C=O) groups is 1. The maximum Gasteiger partial charge on any atom is 0.234 e. The van der Waals surface area contributed by atoms with E-state index in [2.05, 4.69) is 27.0 Å². The average Bonchev–Trinajstić information content (AvgIpc) is 3.13. The Kier molecular flexibility index (Phi) is 6.19. The highest BCUT2D eigenvalue weighted by Gasteiger charge is 2.51. The molecular weight excluding hydrogens is 420 g/mol. The van der Waals surface area contributed by atoms with Crippen LogP contribution < -0.4 is 10.1 Å². The van der Waals surface area contributed by atoms with Crippen LogP contribution >= 0.6 is 11.8 Å². The molecule has 0 atom stereocenters. The van der Waals surface area contributed by atoms with Crippen LogP contribution in [0.15, 0.2) is 29.4 Å². The molecule has 0 aliphatic heterocycles. The van der Waals surface area contributed by atoms with Crippen molar-refractivity contribution in [2.45, 2.75) is 70.5 Å². The zero-order valence-corrected chi connectivity index (χ0v) is 20.0. The predicted octanol–water partition coefficient (Wildman–Crippen LogP) is 5.19. The molecule has 4 bridgehead atoms. The second-order valence-corrected chi connectivity index (χ2v) is 10.9. The lowest BCUT2D eigenvalue weighted by Crippen LogP contribution is -2.47. The molecular formula is C25H34N4O2S. The van der Waals surface area contributed by atoms with E-state index in [1.54, 1.807) is 0 Å². The Bertz CT molecular complexity index is 937. The number of benzene rings is 1. The molecule has 0 radical (unpaired) electrons. The van der Waals surface area contributed by atoms with Gasteiger partial charge in [0.2, 0.25) is 5.91 Å². The molecule has 1 N–H and O–H groups in total. The van der Waals surface area contributed by atoms with Gasteiger partial charge < -0.3 is 14.6 Å². The number of amides is 1. The predicted molar refractivity (Wildman–Crippen MR) is 127 cm³/mol. The van der Waals surface area contributed by atoms with Crippen molar-refractivity contribution in [2.75, 3.05) is 17.7 Å². The van der Waals surface area contributed by atoms with Gasteiger partial charge in [-0.15, -0.1) is 10.2 Å². The Hall–Kier alpha value is -2.02. The Morgan fingerprint density at radius 1 is 1.12 bits per heavy atom. The van der Waals surface area contributed by atoms with Crippen LogP contribution in [-0.2, 0) is 17.8 Å². The number of rotatable bonds is 9. The molecule has 1 aromatic heterocycles. The summed E-state index contributed by atoms with van der Waals surface area (Å²) in [7, 11) is 0. The van der Waals surface area contributed by atoms with Gasteiger partial charge >= 0.3 is 0 Å². The van der Waals surface area contributed by atoms with Gasteiger partial charge in [0, 0.05) is 13.0 Å². The summed E-state index contributed by atoms with van der Waals surface area (Å²) in [5, 5.41) is 12.9. The molecule has 0 spiro atoms. The van der Waals surface area contributed by atoms with E-state index in [9.17, 15) is 4.79 Å². The van der Waals surface area contributed by atoms with Gasteiger partial charge in [-0.05, 0) is 87.7 Å². The number of ether oxygens (including phenoxy) is 1. The summed E-state index contributed by atoms with van der Waals surface area (Å²) in [6.07, 6.45) is 9.55.